The molecule has 2 amide bonds. The van der Waals surface area contributed by atoms with E-state index in [-0.39, 0.29) is 24.2 Å². The van der Waals surface area contributed by atoms with Gasteiger partial charge in [-0.3, -0.25) is 9.59 Å². The highest BCUT2D eigenvalue weighted by Gasteiger charge is 2.35. The summed E-state index contributed by atoms with van der Waals surface area (Å²) in [6.07, 6.45) is 0.245. The van der Waals surface area contributed by atoms with E-state index in [2.05, 4.69) is 21.2 Å². The van der Waals surface area contributed by atoms with Crippen LogP contribution >= 0.6 is 15.9 Å². The smallest absolute Gasteiger partial charge is 0.229 e. The van der Waals surface area contributed by atoms with E-state index in [1.807, 2.05) is 56.3 Å². The van der Waals surface area contributed by atoms with Gasteiger partial charge in [0.2, 0.25) is 11.8 Å². The molecule has 2 aromatic carbocycles. The highest BCUT2D eigenvalue weighted by molar-refractivity contribution is 9.10. The van der Waals surface area contributed by atoms with Crippen molar-refractivity contribution in [1.29, 1.82) is 0 Å². The summed E-state index contributed by atoms with van der Waals surface area (Å²) in [7, 11) is 0. The molecule has 5 heteroatoms. The van der Waals surface area contributed by atoms with Crippen molar-refractivity contribution in [2.75, 3.05) is 16.8 Å². The lowest BCUT2D eigenvalue weighted by atomic mass is 10.1. The zero-order chi connectivity index (χ0) is 17.3. The van der Waals surface area contributed by atoms with Crippen molar-refractivity contribution in [3.63, 3.8) is 0 Å². The maximum atomic E-state index is 12.5. The molecule has 1 heterocycles. The number of halogens is 1. The first-order valence-corrected chi connectivity index (χ1v) is 8.68. The molecule has 1 atom stereocenters. The summed E-state index contributed by atoms with van der Waals surface area (Å²) >= 11 is 3.52. The van der Waals surface area contributed by atoms with Crippen LogP contribution in [0.25, 0.3) is 0 Å². The third-order valence-corrected chi connectivity index (χ3v) is 5.52. The van der Waals surface area contributed by atoms with E-state index in [0.717, 1.165) is 27.0 Å². The monoisotopic (exact) mass is 386 g/mol. The van der Waals surface area contributed by atoms with Crippen LogP contribution in [0.2, 0.25) is 0 Å². The third-order valence-electron chi connectivity index (χ3n) is 4.27. The minimum atomic E-state index is -0.332. The molecule has 0 aromatic heterocycles. The Bertz CT molecular complexity index is 766. The minimum Gasteiger partial charge on any atom is -0.326 e. The predicted molar refractivity (Wildman–Crippen MR) is 99.1 cm³/mol. The van der Waals surface area contributed by atoms with Gasteiger partial charge in [0.15, 0.2) is 0 Å². The fraction of sp³-hybridized carbons (Fsp3) is 0.263. The first-order valence-electron chi connectivity index (χ1n) is 7.88. The van der Waals surface area contributed by atoms with Crippen LogP contribution in [0.5, 0.6) is 0 Å². The molecule has 0 unspecified atom stereocenters. The number of amides is 2. The molecular weight excluding hydrogens is 368 g/mol. The van der Waals surface area contributed by atoms with E-state index in [1.165, 1.54) is 0 Å². The largest absolute Gasteiger partial charge is 0.326 e. The number of carbonyl (C=O) groups excluding carboxylic acids is 2. The van der Waals surface area contributed by atoms with Gasteiger partial charge >= 0.3 is 0 Å². The Labute approximate surface area is 150 Å². The zero-order valence-corrected chi connectivity index (χ0v) is 15.3. The Morgan fingerprint density at radius 2 is 1.79 bits per heavy atom. The predicted octanol–water partition coefficient (Wildman–Crippen LogP) is 4.06. The molecule has 0 bridgehead atoms. The van der Waals surface area contributed by atoms with Gasteiger partial charge in [-0.15, -0.1) is 0 Å². The van der Waals surface area contributed by atoms with Crippen molar-refractivity contribution in [3.8, 4) is 0 Å². The summed E-state index contributed by atoms with van der Waals surface area (Å²) < 4.78 is 1.05. The van der Waals surface area contributed by atoms with E-state index in [9.17, 15) is 9.59 Å². The van der Waals surface area contributed by atoms with Gasteiger partial charge in [-0.1, -0.05) is 34.1 Å². The number of carbonyl (C=O) groups is 2. The van der Waals surface area contributed by atoms with Crippen LogP contribution in [0.3, 0.4) is 0 Å². The average Bonchev–Trinajstić information content (AvgIpc) is 2.95. The van der Waals surface area contributed by atoms with Gasteiger partial charge in [0.05, 0.1) is 5.92 Å². The number of nitrogens with zero attached hydrogens (tertiary/aromatic N) is 1. The molecule has 1 fully saturated rings. The second-order valence-electron chi connectivity index (χ2n) is 6.15. The molecule has 0 spiro atoms. The first-order chi connectivity index (χ1) is 11.5. The van der Waals surface area contributed by atoms with Crippen LogP contribution in [0.1, 0.15) is 17.5 Å². The Morgan fingerprint density at radius 3 is 2.42 bits per heavy atom. The van der Waals surface area contributed by atoms with Crippen molar-refractivity contribution in [1.82, 2.24) is 0 Å². The highest BCUT2D eigenvalue weighted by Crippen LogP contribution is 2.28. The molecule has 1 aliphatic rings. The molecule has 24 heavy (non-hydrogen) atoms. The Hall–Kier alpha value is -2.14. The first kappa shape index (κ1) is 16.7. The van der Waals surface area contributed by atoms with Crippen molar-refractivity contribution in [3.05, 3.63) is 58.1 Å². The van der Waals surface area contributed by atoms with Gasteiger partial charge in [0.1, 0.15) is 0 Å². The third kappa shape index (κ3) is 3.36. The van der Waals surface area contributed by atoms with Crippen LogP contribution in [-0.2, 0) is 9.59 Å². The summed E-state index contributed by atoms with van der Waals surface area (Å²) in [6, 6.07) is 13.3. The van der Waals surface area contributed by atoms with Crippen LogP contribution < -0.4 is 10.2 Å². The lowest BCUT2D eigenvalue weighted by molar-refractivity contribution is -0.122. The molecule has 0 radical (unpaired) electrons. The number of aryl methyl sites for hydroxylation is 2. The fourth-order valence-corrected chi connectivity index (χ4v) is 3.23. The van der Waals surface area contributed by atoms with Crippen molar-refractivity contribution in [2.45, 2.75) is 20.3 Å². The summed E-state index contributed by atoms with van der Waals surface area (Å²) in [6.45, 7) is 4.40. The van der Waals surface area contributed by atoms with Crippen molar-refractivity contribution in [2.24, 2.45) is 5.92 Å². The SMILES string of the molecule is Cc1cc(NC(=O)[C@@H]2CC(=O)N(c3ccccc3)C2)cc(C)c1Br. The lowest BCUT2D eigenvalue weighted by Crippen LogP contribution is -2.28. The summed E-state index contributed by atoms with van der Waals surface area (Å²) in [4.78, 5) is 26.5. The van der Waals surface area contributed by atoms with Crippen molar-refractivity contribution < 1.29 is 9.59 Å². The number of hydrogen-bond donors (Lipinski definition) is 1. The maximum absolute atomic E-state index is 12.5. The Kier molecular flexibility index (Phi) is 4.71. The number of hydrogen-bond acceptors (Lipinski definition) is 2. The van der Waals surface area contributed by atoms with E-state index in [0.29, 0.717) is 6.54 Å². The second kappa shape index (κ2) is 6.77. The van der Waals surface area contributed by atoms with Gasteiger partial charge in [0, 0.05) is 28.8 Å². The number of rotatable bonds is 3. The van der Waals surface area contributed by atoms with E-state index in [1.54, 1.807) is 4.90 Å². The van der Waals surface area contributed by atoms with Gasteiger partial charge in [0.25, 0.3) is 0 Å². The molecule has 1 N–H and O–H groups in total. The number of nitrogens with one attached hydrogen (secondary N) is 1. The molecule has 0 aliphatic carbocycles. The Morgan fingerprint density at radius 1 is 1.17 bits per heavy atom. The summed E-state index contributed by atoms with van der Waals surface area (Å²) in [5.74, 6) is -0.450. The van der Waals surface area contributed by atoms with Crippen LogP contribution in [-0.4, -0.2) is 18.4 Å². The minimum absolute atomic E-state index is 0.00971. The topological polar surface area (TPSA) is 49.4 Å². The van der Waals surface area contributed by atoms with E-state index >= 15 is 0 Å². The van der Waals surface area contributed by atoms with Crippen LogP contribution in [0.4, 0.5) is 11.4 Å². The van der Waals surface area contributed by atoms with Gasteiger partial charge < -0.3 is 10.2 Å². The van der Waals surface area contributed by atoms with Gasteiger partial charge in [-0.05, 0) is 49.2 Å². The molecule has 1 aliphatic heterocycles. The molecular formula is C19H19BrN2O2. The molecule has 3 rings (SSSR count). The average molecular weight is 387 g/mol. The molecule has 0 saturated carbocycles. The van der Waals surface area contributed by atoms with Crippen LogP contribution in [0, 0.1) is 19.8 Å². The quantitative estimate of drug-likeness (QED) is 0.864. The van der Waals surface area contributed by atoms with Crippen LogP contribution in [0.15, 0.2) is 46.9 Å². The second-order valence-corrected chi connectivity index (χ2v) is 6.95. The highest BCUT2D eigenvalue weighted by atomic mass is 79.9. The summed E-state index contributed by atoms with van der Waals surface area (Å²) in [5.41, 5.74) is 3.74. The van der Waals surface area contributed by atoms with E-state index < -0.39 is 0 Å². The molecule has 2 aromatic rings. The normalized spacial score (nSPS) is 17.2. The van der Waals surface area contributed by atoms with Gasteiger partial charge in [-0.2, -0.15) is 0 Å². The van der Waals surface area contributed by atoms with Crippen molar-refractivity contribution >= 4 is 39.1 Å². The number of benzene rings is 2. The number of anilines is 2. The fourth-order valence-electron chi connectivity index (χ4n) is 3.00. The zero-order valence-electron chi connectivity index (χ0n) is 13.7. The summed E-state index contributed by atoms with van der Waals surface area (Å²) in [5, 5.41) is 2.95. The Balaban J connectivity index is 1.72. The molecule has 4 nitrogen and oxygen atoms in total. The molecule has 1 saturated heterocycles. The maximum Gasteiger partial charge on any atom is 0.229 e. The lowest BCUT2D eigenvalue weighted by Gasteiger charge is -2.17. The van der Waals surface area contributed by atoms with E-state index in [4.69, 9.17) is 0 Å². The molecule has 124 valence electrons. The number of para-hydroxylation sites is 1. The standard InChI is InChI=1S/C19H19BrN2O2/c1-12-8-15(9-13(2)18(12)20)21-19(24)14-10-17(23)22(11-14)16-6-4-3-5-7-16/h3-9,14H,10-11H2,1-2H3,(H,21,24)/t14-/m1/s1. The van der Waals surface area contributed by atoms with Gasteiger partial charge in [-0.25, -0.2) is 0 Å².